The van der Waals surface area contributed by atoms with E-state index in [-0.39, 0.29) is 11.9 Å². The minimum atomic E-state index is 0.0440. The van der Waals surface area contributed by atoms with Crippen LogP contribution in [0.1, 0.15) is 24.1 Å². The molecule has 0 saturated heterocycles. The molecule has 0 fully saturated rings. The maximum Gasteiger partial charge on any atom is 0.236 e. The second kappa shape index (κ2) is 9.02. The molecule has 0 saturated carbocycles. The molecule has 0 bridgehead atoms. The van der Waals surface area contributed by atoms with Gasteiger partial charge >= 0.3 is 0 Å². The number of halogens is 1. The van der Waals surface area contributed by atoms with E-state index >= 15 is 0 Å². The van der Waals surface area contributed by atoms with E-state index < -0.39 is 0 Å². The molecular weight excluding hydrogens is 380 g/mol. The summed E-state index contributed by atoms with van der Waals surface area (Å²) in [6, 6.07) is 16.0. The average molecular weight is 405 g/mol. The molecule has 1 amide bonds. The first-order chi connectivity index (χ1) is 11.9. The zero-order valence-corrected chi connectivity index (χ0v) is 16.8. The zero-order chi connectivity index (χ0) is 18.4. The Labute approximate surface area is 158 Å². The SMILES string of the molecule is COc1ccc(Br)cc1CN(C)CC(=O)N(C)[C@H](C)c1ccccc1. The van der Waals surface area contributed by atoms with E-state index in [4.69, 9.17) is 4.74 Å². The summed E-state index contributed by atoms with van der Waals surface area (Å²) in [7, 11) is 5.46. The number of carbonyl (C=O) groups is 1. The molecule has 0 radical (unpaired) electrons. The van der Waals surface area contributed by atoms with Gasteiger partial charge in [0.1, 0.15) is 5.75 Å². The smallest absolute Gasteiger partial charge is 0.236 e. The quantitative estimate of drug-likeness (QED) is 0.695. The van der Waals surface area contributed by atoms with Crippen LogP contribution in [0.5, 0.6) is 5.75 Å². The van der Waals surface area contributed by atoms with E-state index in [0.717, 1.165) is 21.3 Å². The molecule has 4 nitrogen and oxygen atoms in total. The molecule has 0 aliphatic rings. The lowest BCUT2D eigenvalue weighted by Gasteiger charge is -2.28. The second-order valence-electron chi connectivity index (χ2n) is 6.22. The van der Waals surface area contributed by atoms with Crippen LogP contribution in [0.4, 0.5) is 0 Å². The summed E-state index contributed by atoms with van der Waals surface area (Å²) in [5, 5.41) is 0. The van der Waals surface area contributed by atoms with Crippen molar-refractivity contribution in [1.29, 1.82) is 0 Å². The molecule has 1 atom stereocenters. The van der Waals surface area contributed by atoms with E-state index in [1.54, 1.807) is 12.0 Å². The van der Waals surface area contributed by atoms with Gasteiger partial charge in [0.15, 0.2) is 0 Å². The summed E-state index contributed by atoms with van der Waals surface area (Å²) in [5.41, 5.74) is 2.18. The third kappa shape index (κ3) is 5.31. The predicted octanol–water partition coefficient (Wildman–Crippen LogP) is 4.11. The third-order valence-electron chi connectivity index (χ3n) is 4.34. The number of rotatable bonds is 7. The molecule has 5 heteroatoms. The van der Waals surface area contributed by atoms with Crippen molar-refractivity contribution >= 4 is 21.8 Å². The van der Waals surface area contributed by atoms with Crippen LogP contribution >= 0.6 is 15.9 Å². The fourth-order valence-electron chi connectivity index (χ4n) is 2.73. The number of carbonyl (C=O) groups excluding carboxylic acids is 1. The molecule has 0 aliphatic heterocycles. The number of amides is 1. The van der Waals surface area contributed by atoms with Gasteiger partial charge in [0.05, 0.1) is 19.7 Å². The minimum Gasteiger partial charge on any atom is -0.496 e. The van der Waals surface area contributed by atoms with Crippen molar-refractivity contribution in [2.45, 2.75) is 19.5 Å². The first kappa shape index (κ1) is 19.5. The summed E-state index contributed by atoms with van der Waals surface area (Å²) in [4.78, 5) is 16.4. The van der Waals surface area contributed by atoms with Gasteiger partial charge < -0.3 is 9.64 Å². The number of hydrogen-bond donors (Lipinski definition) is 0. The van der Waals surface area contributed by atoms with Gasteiger partial charge in [-0.05, 0) is 37.7 Å². The van der Waals surface area contributed by atoms with Crippen LogP contribution in [-0.4, -0.2) is 43.5 Å². The maximum atomic E-state index is 12.6. The van der Waals surface area contributed by atoms with E-state index in [2.05, 4.69) is 15.9 Å². The highest BCUT2D eigenvalue weighted by atomic mass is 79.9. The summed E-state index contributed by atoms with van der Waals surface area (Å²) >= 11 is 3.49. The number of methoxy groups -OCH3 is 1. The van der Waals surface area contributed by atoms with Crippen LogP contribution in [0.25, 0.3) is 0 Å². The molecule has 0 aliphatic carbocycles. The lowest BCUT2D eigenvalue weighted by atomic mass is 10.1. The van der Waals surface area contributed by atoms with Crippen molar-refractivity contribution in [2.75, 3.05) is 27.7 Å². The molecule has 0 aromatic heterocycles. The molecule has 2 aromatic rings. The maximum absolute atomic E-state index is 12.6. The predicted molar refractivity (Wildman–Crippen MR) is 105 cm³/mol. The number of ether oxygens (including phenoxy) is 1. The summed E-state index contributed by atoms with van der Waals surface area (Å²) < 4.78 is 6.40. The number of likely N-dealkylation sites (N-methyl/N-ethyl adjacent to an activating group) is 2. The van der Waals surface area contributed by atoms with Crippen LogP contribution in [0.15, 0.2) is 53.0 Å². The Kier molecular flexibility index (Phi) is 7.02. The largest absolute Gasteiger partial charge is 0.496 e. The second-order valence-corrected chi connectivity index (χ2v) is 7.14. The monoisotopic (exact) mass is 404 g/mol. The van der Waals surface area contributed by atoms with Crippen LogP contribution in [0.2, 0.25) is 0 Å². The lowest BCUT2D eigenvalue weighted by Crippen LogP contribution is -2.37. The molecular formula is C20H25BrN2O2. The van der Waals surface area contributed by atoms with Gasteiger partial charge in [-0.25, -0.2) is 0 Å². The van der Waals surface area contributed by atoms with Crippen LogP contribution in [-0.2, 0) is 11.3 Å². The summed E-state index contributed by atoms with van der Waals surface area (Å²) in [5.74, 6) is 0.918. The zero-order valence-electron chi connectivity index (χ0n) is 15.2. The summed E-state index contributed by atoms with van der Waals surface area (Å²) in [6.45, 7) is 3.04. The van der Waals surface area contributed by atoms with Crippen molar-refractivity contribution in [1.82, 2.24) is 9.80 Å². The van der Waals surface area contributed by atoms with Crippen molar-refractivity contribution in [2.24, 2.45) is 0 Å². The minimum absolute atomic E-state index is 0.0440. The van der Waals surface area contributed by atoms with E-state index in [1.165, 1.54) is 0 Å². The van der Waals surface area contributed by atoms with Crippen molar-refractivity contribution in [3.05, 3.63) is 64.1 Å². The Morgan fingerprint density at radius 1 is 1.16 bits per heavy atom. The van der Waals surface area contributed by atoms with Gasteiger partial charge in [-0.3, -0.25) is 9.69 Å². The summed E-state index contributed by atoms with van der Waals surface area (Å²) in [6.07, 6.45) is 0. The third-order valence-corrected chi connectivity index (χ3v) is 4.84. The Balaban J connectivity index is 1.99. The first-order valence-corrected chi connectivity index (χ1v) is 9.03. The molecule has 2 rings (SSSR count). The fraction of sp³-hybridized carbons (Fsp3) is 0.350. The normalized spacial score (nSPS) is 12.1. The highest BCUT2D eigenvalue weighted by Gasteiger charge is 2.19. The van der Waals surface area contributed by atoms with E-state index in [1.807, 2.05) is 74.4 Å². The molecule has 2 aromatic carbocycles. The van der Waals surface area contributed by atoms with Gasteiger partial charge in [0.25, 0.3) is 0 Å². The Morgan fingerprint density at radius 3 is 2.48 bits per heavy atom. The Bertz CT molecular complexity index is 706. The molecule has 0 unspecified atom stereocenters. The standard InChI is InChI=1S/C20H25BrN2O2/c1-15(16-8-6-5-7-9-16)23(3)20(24)14-22(2)13-17-12-18(21)10-11-19(17)25-4/h5-12,15H,13-14H2,1-4H3/t15-/m1/s1. The van der Waals surface area contributed by atoms with Gasteiger partial charge in [0.2, 0.25) is 5.91 Å². The Morgan fingerprint density at radius 2 is 1.84 bits per heavy atom. The lowest BCUT2D eigenvalue weighted by molar-refractivity contribution is -0.132. The number of benzene rings is 2. The van der Waals surface area contributed by atoms with E-state index in [0.29, 0.717) is 13.1 Å². The molecule has 134 valence electrons. The van der Waals surface area contributed by atoms with Crippen LogP contribution < -0.4 is 4.74 Å². The highest BCUT2D eigenvalue weighted by molar-refractivity contribution is 9.10. The average Bonchev–Trinajstić information content (AvgIpc) is 2.61. The van der Waals surface area contributed by atoms with Gasteiger partial charge in [-0.1, -0.05) is 46.3 Å². The van der Waals surface area contributed by atoms with Crippen molar-refractivity contribution in [3.8, 4) is 5.75 Å². The Hall–Kier alpha value is -1.85. The molecule has 25 heavy (non-hydrogen) atoms. The first-order valence-electron chi connectivity index (χ1n) is 8.24. The molecule has 0 heterocycles. The molecule has 0 spiro atoms. The number of hydrogen-bond acceptors (Lipinski definition) is 3. The van der Waals surface area contributed by atoms with Crippen LogP contribution in [0, 0.1) is 0 Å². The van der Waals surface area contributed by atoms with Crippen molar-refractivity contribution < 1.29 is 9.53 Å². The number of nitrogens with zero attached hydrogens (tertiary/aromatic N) is 2. The van der Waals surface area contributed by atoms with Gasteiger partial charge in [-0.15, -0.1) is 0 Å². The topological polar surface area (TPSA) is 32.8 Å². The van der Waals surface area contributed by atoms with Crippen LogP contribution in [0.3, 0.4) is 0 Å². The molecule has 0 N–H and O–H groups in total. The highest BCUT2D eigenvalue weighted by Crippen LogP contribution is 2.24. The fourth-order valence-corrected chi connectivity index (χ4v) is 3.14. The van der Waals surface area contributed by atoms with Gasteiger partial charge in [-0.2, -0.15) is 0 Å². The van der Waals surface area contributed by atoms with Gasteiger partial charge in [0, 0.05) is 23.6 Å². The van der Waals surface area contributed by atoms with Crippen molar-refractivity contribution in [3.63, 3.8) is 0 Å². The van der Waals surface area contributed by atoms with E-state index in [9.17, 15) is 4.79 Å².